The summed E-state index contributed by atoms with van der Waals surface area (Å²) >= 11 is 0. The van der Waals surface area contributed by atoms with Gasteiger partial charge in [-0.2, -0.15) is 5.10 Å². The van der Waals surface area contributed by atoms with Crippen LogP contribution < -0.4 is 15.4 Å². The van der Waals surface area contributed by atoms with Crippen molar-refractivity contribution < 1.29 is 14.3 Å². The normalized spacial score (nSPS) is 15.6. The van der Waals surface area contributed by atoms with Crippen molar-refractivity contribution in [3.8, 4) is 17.0 Å². The van der Waals surface area contributed by atoms with Crippen molar-refractivity contribution in [2.24, 2.45) is 0 Å². The fraction of sp³-hybridized carbons (Fsp3) is 0.467. The highest BCUT2D eigenvalue weighted by molar-refractivity contribution is 6.06. The number of aryl methyl sites for hydroxylation is 1. The number of amides is 3. The van der Waals surface area contributed by atoms with E-state index in [2.05, 4.69) is 46.5 Å². The average molecular weight is 548 g/mol. The third-order valence-electron chi connectivity index (χ3n) is 7.03. The standard InChI is InChI=1S/C30H41N7O3/c1-9-40-25-13-11-21(17-31-25)23-16-22(12-10-20(23)2)32-28(39)33-24-18-37(29(3,4)5)34-26(24)27(38)36-15-14-35(8)19-30(36,6)7/h10-13,16-18H,9,14-15,19H2,1-8H3,(H2,32,33,39). The Bertz CT molecular complexity index is 1370. The second-order valence-electron chi connectivity index (χ2n) is 11.9. The topological polar surface area (TPSA) is 105 Å². The Kier molecular flexibility index (Phi) is 8.20. The molecular weight excluding hydrogens is 506 g/mol. The highest BCUT2D eigenvalue weighted by Gasteiger charge is 2.38. The number of hydrogen-bond acceptors (Lipinski definition) is 6. The highest BCUT2D eigenvalue weighted by Crippen LogP contribution is 2.29. The summed E-state index contributed by atoms with van der Waals surface area (Å²) in [6, 6.07) is 9.02. The van der Waals surface area contributed by atoms with Crippen molar-refractivity contribution in [1.29, 1.82) is 0 Å². The summed E-state index contributed by atoms with van der Waals surface area (Å²) in [4.78, 5) is 35.4. The molecular formula is C30H41N7O3. The van der Waals surface area contributed by atoms with Crippen LogP contribution >= 0.6 is 0 Å². The van der Waals surface area contributed by atoms with Crippen LogP contribution in [0.1, 0.15) is 57.6 Å². The van der Waals surface area contributed by atoms with E-state index in [1.54, 1.807) is 17.1 Å². The number of pyridine rings is 1. The SMILES string of the molecule is CCOc1ccc(-c2cc(NC(=O)Nc3cn(C(C)(C)C)nc3C(=O)N3CCN(C)CC3(C)C)ccc2C)cn1. The molecule has 0 atom stereocenters. The number of anilines is 2. The number of carbonyl (C=O) groups is 2. The van der Waals surface area contributed by atoms with E-state index in [0.717, 1.165) is 29.8 Å². The molecule has 1 saturated heterocycles. The van der Waals surface area contributed by atoms with Crippen LogP contribution in [0.15, 0.2) is 42.7 Å². The molecule has 0 radical (unpaired) electrons. The second-order valence-corrected chi connectivity index (χ2v) is 11.9. The van der Waals surface area contributed by atoms with Crippen molar-refractivity contribution in [2.45, 2.75) is 59.5 Å². The Morgan fingerprint density at radius 1 is 1.10 bits per heavy atom. The number of carbonyl (C=O) groups excluding carboxylic acids is 2. The fourth-order valence-electron chi connectivity index (χ4n) is 4.94. The van der Waals surface area contributed by atoms with Gasteiger partial charge in [-0.1, -0.05) is 6.07 Å². The number of benzene rings is 1. The third-order valence-corrected chi connectivity index (χ3v) is 7.03. The first-order valence-corrected chi connectivity index (χ1v) is 13.7. The Labute approximate surface area is 236 Å². The van der Waals surface area contributed by atoms with Gasteiger partial charge in [0, 0.05) is 43.1 Å². The quantitative estimate of drug-likeness (QED) is 0.439. The maximum absolute atomic E-state index is 13.8. The number of likely N-dealkylation sites (N-methyl/N-ethyl adjacent to an activating group) is 1. The van der Waals surface area contributed by atoms with Crippen LogP contribution in [0, 0.1) is 6.92 Å². The second kappa shape index (κ2) is 11.3. The average Bonchev–Trinajstić information content (AvgIpc) is 3.29. The zero-order valence-electron chi connectivity index (χ0n) is 24.8. The molecule has 1 aliphatic rings. The summed E-state index contributed by atoms with van der Waals surface area (Å²) in [6.45, 7) is 16.7. The van der Waals surface area contributed by atoms with E-state index in [9.17, 15) is 9.59 Å². The summed E-state index contributed by atoms with van der Waals surface area (Å²) in [7, 11) is 2.05. The first-order chi connectivity index (χ1) is 18.8. The van der Waals surface area contributed by atoms with Gasteiger partial charge in [-0.25, -0.2) is 9.78 Å². The maximum atomic E-state index is 13.8. The Hall–Kier alpha value is -3.92. The van der Waals surface area contributed by atoms with Crippen LogP contribution in [0.3, 0.4) is 0 Å². The van der Waals surface area contributed by atoms with Crippen LogP contribution in [-0.2, 0) is 5.54 Å². The lowest BCUT2D eigenvalue weighted by Gasteiger charge is -2.45. The van der Waals surface area contributed by atoms with Gasteiger partial charge in [0.05, 0.1) is 29.6 Å². The van der Waals surface area contributed by atoms with Gasteiger partial charge in [-0.3, -0.25) is 9.48 Å². The number of nitrogens with zero attached hydrogens (tertiary/aromatic N) is 5. The summed E-state index contributed by atoms with van der Waals surface area (Å²) in [5.74, 6) is 0.371. The number of urea groups is 1. The fourth-order valence-corrected chi connectivity index (χ4v) is 4.94. The zero-order chi connectivity index (χ0) is 29.2. The maximum Gasteiger partial charge on any atom is 0.323 e. The van der Waals surface area contributed by atoms with Crippen molar-refractivity contribution in [2.75, 3.05) is 43.9 Å². The number of rotatable bonds is 6. The summed E-state index contributed by atoms with van der Waals surface area (Å²) < 4.78 is 7.18. The summed E-state index contributed by atoms with van der Waals surface area (Å²) in [6.07, 6.45) is 3.48. The predicted molar refractivity (Wildman–Crippen MR) is 158 cm³/mol. The van der Waals surface area contributed by atoms with Gasteiger partial charge in [0.15, 0.2) is 5.69 Å². The van der Waals surface area contributed by atoms with Crippen LogP contribution in [0.5, 0.6) is 5.88 Å². The van der Waals surface area contributed by atoms with Crippen molar-refractivity contribution in [1.82, 2.24) is 24.6 Å². The third kappa shape index (κ3) is 6.44. The molecule has 40 heavy (non-hydrogen) atoms. The molecule has 2 N–H and O–H groups in total. The predicted octanol–water partition coefficient (Wildman–Crippen LogP) is 5.22. The number of ether oxygens (including phenoxy) is 1. The van der Waals surface area contributed by atoms with Crippen LogP contribution in [0.4, 0.5) is 16.2 Å². The molecule has 2 aromatic heterocycles. The molecule has 10 heteroatoms. The summed E-state index contributed by atoms with van der Waals surface area (Å²) in [5.41, 5.74) is 3.38. The lowest BCUT2D eigenvalue weighted by Crippen LogP contribution is -2.60. The monoisotopic (exact) mass is 547 g/mol. The Balaban J connectivity index is 1.57. The van der Waals surface area contributed by atoms with Gasteiger partial charge in [0.2, 0.25) is 5.88 Å². The van der Waals surface area contributed by atoms with E-state index in [4.69, 9.17) is 4.74 Å². The first kappa shape index (κ1) is 29.1. The van der Waals surface area contributed by atoms with Gasteiger partial charge >= 0.3 is 6.03 Å². The summed E-state index contributed by atoms with van der Waals surface area (Å²) in [5, 5.41) is 10.4. The number of nitrogens with one attached hydrogen (secondary N) is 2. The molecule has 0 bridgehead atoms. The Morgan fingerprint density at radius 2 is 1.85 bits per heavy atom. The first-order valence-electron chi connectivity index (χ1n) is 13.7. The molecule has 3 amide bonds. The lowest BCUT2D eigenvalue weighted by atomic mass is 9.98. The number of piperazine rings is 1. The minimum atomic E-state index is -0.459. The largest absolute Gasteiger partial charge is 0.478 e. The minimum Gasteiger partial charge on any atom is -0.478 e. The molecule has 10 nitrogen and oxygen atoms in total. The van der Waals surface area contributed by atoms with Crippen molar-refractivity contribution in [3.05, 3.63) is 54.0 Å². The van der Waals surface area contributed by atoms with Gasteiger partial charge in [0.25, 0.3) is 5.91 Å². The lowest BCUT2D eigenvalue weighted by molar-refractivity contribution is 0.0243. The highest BCUT2D eigenvalue weighted by atomic mass is 16.5. The van der Waals surface area contributed by atoms with E-state index in [1.807, 2.05) is 69.9 Å². The molecule has 0 unspecified atom stereocenters. The van der Waals surface area contributed by atoms with E-state index in [-0.39, 0.29) is 22.7 Å². The minimum absolute atomic E-state index is 0.197. The molecule has 214 valence electrons. The molecule has 0 saturated carbocycles. The van der Waals surface area contributed by atoms with Crippen LogP contribution in [0.2, 0.25) is 0 Å². The number of aromatic nitrogens is 3. The molecule has 3 aromatic rings. The molecule has 3 heterocycles. The van der Waals surface area contributed by atoms with Crippen molar-refractivity contribution in [3.63, 3.8) is 0 Å². The molecule has 1 fully saturated rings. The van der Waals surface area contributed by atoms with E-state index in [1.165, 1.54) is 0 Å². The molecule has 4 rings (SSSR count). The van der Waals surface area contributed by atoms with E-state index in [0.29, 0.717) is 30.4 Å². The molecule has 0 aliphatic carbocycles. The number of hydrogen-bond donors (Lipinski definition) is 2. The van der Waals surface area contributed by atoms with Crippen LogP contribution in [0.25, 0.3) is 11.1 Å². The smallest absolute Gasteiger partial charge is 0.323 e. The van der Waals surface area contributed by atoms with Gasteiger partial charge in [0.1, 0.15) is 0 Å². The van der Waals surface area contributed by atoms with E-state index < -0.39 is 6.03 Å². The van der Waals surface area contributed by atoms with Crippen LogP contribution in [-0.4, -0.2) is 75.3 Å². The molecule has 1 aliphatic heterocycles. The molecule has 0 spiro atoms. The molecule has 1 aromatic carbocycles. The van der Waals surface area contributed by atoms with Crippen molar-refractivity contribution >= 4 is 23.3 Å². The van der Waals surface area contributed by atoms with E-state index >= 15 is 0 Å². The van der Waals surface area contributed by atoms with Gasteiger partial charge < -0.3 is 25.2 Å². The zero-order valence-corrected chi connectivity index (χ0v) is 24.8. The Morgan fingerprint density at radius 3 is 2.48 bits per heavy atom. The van der Waals surface area contributed by atoms with Gasteiger partial charge in [-0.05, 0) is 84.8 Å². The van der Waals surface area contributed by atoms with Gasteiger partial charge in [-0.15, -0.1) is 0 Å².